The molecule has 1 amide bonds. The molecular formula is C11H22N2O. The summed E-state index contributed by atoms with van der Waals surface area (Å²) in [4.78, 5) is 11.6. The lowest BCUT2D eigenvalue weighted by Crippen LogP contribution is -2.46. The van der Waals surface area contributed by atoms with Gasteiger partial charge in [0.15, 0.2) is 0 Å². The Labute approximate surface area is 86.6 Å². The Kier molecular flexibility index (Phi) is 3.93. The average molecular weight is 198 g/mol. The van der Waals surface area contributed by atoms with Crippen LogP contribution in [0.5, 0.6) is 0 Å². The number of amides is 1. The van der Waals surface area contributed by atoms with Gasteiger partial charge in [-0.2, -0.15) is 0 Å². The van der Waals surface area contributed by atoms with Crippen LogP contribution in [0.15, 0.2) is 0 Å². The van der Waals surface area contributed by atoms with Crippen molar-refractivity contribution in [1.82, 2.24) is 10.6 Å². The van der Waals surface area contributed by atoms with E-state index >= 15 is 0 Å². The van der Waals surface area contributed by atoms with E-state index in [1.54, 1.807) is 0 Å². The number of hydrogen-bond donors (Lipinski definition) is 2. The molecule has 1 heterocycles. The first kappa shape index (κ1) is 11.5. The van der Waals surface area contributed by atoms with Gasteiger partial charge in [0.2, 0.25) is 5.91 Å². The number of piperidine rings is 1. The Morgan fingerprint density at radius 3 is 2.71 bits per heavy atom. The van der Waals surface area contributed by atoms with Crippen LogP contribution in [0.3, 0.4) is 0 Å². The molecule has 82 valence electrons. The van der Waals surface area contributed by atoms with Crippen LogP contribution in [-0.4, -0.2) is 25.0 Å². The summed E-state index contributed by atoms with van der Waals surface area (Å²) in [7, 11) is 0. The van der Waals surface area contributed by atoms with E-state index in [4.69, 9.17) is 0 Å². The fraction of sp³-hybridized carbons (Fsp3) is 0.909. The normalized spacial score (nSPS) is 23.2. The number of carbonyl (C=O) groups excluding carboxylic acids is 1. The third kappa shape index (κ3) is 4.61. The maximum atomic E-state index is 11.6. The Bertz CT molecular complexity index is 190. The van der Waals surface area contributed by atoms with Crippen LogP contribution in [0.4, 0.5) is 0 Å². The summed E-state index contributed by atoms with van der Waals surface area (Å²) in [6, 6.07) is 0.346. The molecule has 0 aromatic heterocycles. The second kappa shape index (κ2) is 4.78. The van der Waals surface area contributed by atoms with Crippen LogP contribution >= 0.6 is 0 Å². The molecule has 0 bridgehead atoms. The predicted octanol–water partition coefficient (Wildman–Crippen LogP) is 1.29. The van der Waals surface area contributed by atoms with E-state index < -0.39 is 0 Å². The van der Waals surface area contributed by atoms with Crippen molar-refractivity contribution in [2.24, 2.45) is 5.41 Å². The SMILES string of the molecule is CC(C)(C)CC(=O)N[C@@H]1CCCNC1. The van der Waals surface area contributed by atoms with E-state index in [0.29, 0.717) is 12.5 Å². The molecule has 1 atom stereocenters. The van der Waals surface area contributed by atoms with Gasteiger partial charge in [-0.1, -0.05) is 20.8 Å². The third-order valence-corrected chi connectivity index (χ3v) is 2.35. The molecular weight excluding hydrogens is 176 g/mol. The molecule has 0 aromatic rings. The zero-order valence-electron chi connectivity index (χ0n) is 9.52. The van der Waals surface area contributed by atoms with E-state index in [1.165, 1.54) is 6.42 Å². The minimum absolute atomic E-state index is 0.0895. The first-order valence-corrected chi connectivity index (χ1v) is 5.47. The standard InChI is InChI=1S/C11H22N2O/c1-11(2,3)7-10(14)13-9-5-4-6-12-8-9/h9,12H,4-8H2,1-3H3,(H,13,14)/t9-/m1/s1. The summed E-state index contributed by atoms with van der Waals surface area (Å²) in [5, 5.41) is 6.36. The molecule has 3 nitrogen and oxygen atoms in total. The van der Waals surface area contributed by atoms with Gasteiger partial charge in [0.05, 0.1) is 0 Å². The van der Waals surface area contributed by atoms with Crippen molar-refractivity contribution >= 4 is 5.91 Å². The molecule has 1 saturated heterocycles. The number of carbonyl (C=O) groups is 1. The van der Waals surface area contributed by atoms with Gasteiger partial charge in [0, 0.05) is 19.0 Å². The largest absolute Gasteiger partial charge is 0.352 e. The molecule has 0 aromatic carbocycles. The van der Waals surface area contributed by atoms with E-state index in [-0.39, 0.29) is 11.3 Å². The van der Waals surface area contributed by atoms with Crippen molar-refractivity contribution < 1.29 is 4.79 Å². The first-order valence-electron chi connectivity index (χ1n) is 5.47. The van der Waals surface area contributed by atoms with Crippen LogP contribution in [0.1, 0.15) is 40.0 Å². The molecule has 2 N–H and O–H groups in total. The second-order valence-corrected chi connectivity index (χ2v) is 5.35. The van der Waals surface area contributed by atoms with Gasteiger partial charge >= 0.3 is 0 Å². The topological polar surface area (TPSA) is 41.1 Å². The molecule has 0 saturated carbocycles. The van der Waals surface area contributed by atoms with Crippen molar-refractivity contribution in [2.75, 3.05) is 13.1 Å². The lowest BCUT2D eigenvalue weighted by atomic mass is 9.91. The number of nitrogens with one attached hydrogen (secondary N) is 2. The molecule has 1 rings (SSSR count). The average Bonchev–Trinajstić information content (AvgIpc) is 2.02. The highest BCUT2D eigenvalue weighted by molar-refractivity contribution is 5.76. The van der Waals surface area contributed by atoms with E-state index in [9.17, 15) is 4.79 Å². The van der Waals surface area contributed by atoms with Crippen LogP contribution in [0.2, 0.25) is 0 Å². The zero-order chi connectivity index (χ0) is 10.6. The van der Waals surface area contributed by atoms with E-state index in [1.807, 2.05) is 0 Å². The van der Waals surface area contributed by atoms with Crippen LogP contribution in [0.25, 0.3) is 0 Å². The maximum absolute atomic E-state index is 11.6. The minimum atomic E-state index is 0.0895. The Balaban J connectivity index is 2.25. The molecule has 1 aliphatic heterocycles. The molecule has 1 aliphatic rings. The van der Waals surface area contributed by atoms with Crippen LogP contribution < -0.4 is 10.6 Å². The lowest BCUT2D eigenvalue weighted by Gasteiger charge is -2.25. The molecule has 0 unspecified atom stereocenters. The van der Waals surface area contributed by atoms with Crippen molar-refractivity contribution in [2.45, 2.75) is 46.1 Å². The predicted molar refractivity (Wildman–Crippen MR) is 58.1 cm³/mol. The highest BCUT2D eigenvalue weighted by atomic mass is 16.1. The first-order chi connectivity index (χ1) is 6.47. The smallest absolute Gasteiger partial charge is 0.220 e. The quantitative estimate of drug-likeness (QED) is 0.702. The maximum Gasteiger partial charge on any atom is 0.220 e. The van der Waals surface area contributed by atoms with Crippen LogP contribution in [0, 0.1) is 5.41 Å². The minimum Gasteiger partial charge on any atom is -0.352 e. The van der Waals surface area contributed by atoms with Gasteiger partial charge in [0.1, 0.15) is 0 Å². The van der Waals surface area contributed by atoms with Gasteiger partial charge in [-0.3, -0.25) is 4.79 Å². The molecule has 0 radical (unpaired) electrons. The monoisotopic (exact) mass is 198 g/mol. The molecule has 14 heavy (non-hydrogen) atoms. The lowest BCUT2D eigenvalue weighted by molar-refractivity contribution is -0.123. The van der Waals surface area contributed by atoms with Gasteiger partial charge in [-0.15, -0.1) is 0 Å². The molecule has 0 aliphatic carbocycles. The summed E-state index contributed by atoms with van der Waals surface area (Å²) in [5.41, 5.74) is 0.0895. The summed E-state index contributed by atoms with van der Waals surface area (Å²) in [6.45, 7) is 8.28. The summed E-state index contributed by atoms with van der Waals surface area (Å²) in [5.74, 6) is 0.186. The summed E-state index contributed by atoms with van der Waals surface area (Å²) < 4.78 is 0. The third-order valence-electron chi connectivity index (χ3n) is 2.35. The Morgan fingerprint density at radius 1 is 1.50 bits per heavy atom. The molecule has 0 spiro atoms. The fourth-order valence-electron chi connectivity index (χ4n) is 1.74. The second-order valence-electron chi connectivity index (χ2n) is 5.35. The van der Waals surface area contributed by atoms with Crippen LogP contribution in [-0.2, 0) is 4.79 Å². The zero-order valence-corrected chi connectivity index (χ0v) is 9.52. The molecule has 1 fully saturated rings. The highest BCUT2D eigenvalue weighted by Crippen LogP contribution is 2.18. The van der Waals surface area contributed by atoms with E-state index in [2.05, 4.69) is 31.4 Å². The fourth-order valence-corrected chi connectivity index (χ4v) is 1.74. The molecule has 3 heteroatoms. The van der Waals surface area contributed by atoms with Gasteiger partial charge in [-0.25, -0.2) is 0 Å². The summed E-state index contributed by atoms with van der Waals surface area (Å²) in [6.07, 6.45) is 2.90. The van der Waals surface area contributed by atoms with Crippen molar-refractivity contribution in [3.63, 3.8) is 0 Å². The van der Waals surface area contributed by atoms with Gasteiger partial charge in [0.25, 0.3) is 0 Å². The Morgan fingerprint density at radius 2 is 2.21 bits per heavy atom. The van der Waals surface area contributed by atoms with E-state index in [0.717, 1.165) is 19.5 Å². The van der Waals surface area contributed by atoms with Crippen molar-refractivity contribution in [3.8, 4) is 0 Å². The van der Waals surface area contributed by atoms with Gasteiger partial charge in [-0.05, 0) is 24.8 Å². The number of rotatable bonds is 2. The summed E-state index contributed by atoms with van der Waals surface area (Å²) >= 11 is 0. The highest BCUT2D eigenvalue weighted by Gasteiger charge is 2.19. The Hall–Kier alpha value is -0.570. The van der Waals surface area contributed by atoms with Crippen molar-refractivity contribution in [1.29, 1.82) is 0 Å². The number of hydrogen-bond acceptors (Lipinski definition) is 2. The van der Waals surface area contributed by atoms with Gasteiger partial charge < -0.3 is 10.6 Å². The van der Waals surface area contributed by atoms with Crippen molar-refractivity contribution in [3.05, 3.63) is 0 Å².